The van der Waals surface area contributed by atoms with E-state index in [1.807, 2.05) is 0 Å². The number of H-pyrrole nitrogens is 1. The zero-order valence-corrected chi connectivity index (χ0v) is 14.0. The Morgan fingerprint density at radius 1 is 1.21 bits per heavy atom. The number of carbonyl (C=O) groups is 4. The molecular formula is C16H19N3O5. The number of ether oxygens (including phenoxy) is 1. The molecule has 0 radical (unpaired) electrons. The van der Waals surface area contributed by atoms with Crippen molar-refractivity contribution in [2.75, 3.05) is 0 Å². The first-order valence-corrected chi connectivity index (χ1v) is 7.53. The van der Waals surface area contributed by atoms with Gasteiger partial charge in [0.2, 0.25) is 11.7 Å². The second-order valence-electron chi connectivity index (χ2n) is 5.69. The number of hydrazone groups is 1. The average Bonchev–Trinajstić information content (AvgIpc) is 2.81. The van der Waals surface area contributed by atoms with Gasteiger partial charge in [0.1, 0.15) is 5.71 Å². The molecule has 0 saturated carbocycles. The number of aromatic amines is 1. The van der Waals surface area contributed by atoms with Crippen LogP contribution in [0.15, 0.2) is 5.10 Å². The van der Waals surface area contributed by atoms with Crippen LogP contribution in [-0.4, -0.2) is 40.2 Å². The van der Waals surface area contributed by atoms with Gasteiger partial charge in [0, 0.05) is 24.1 Å². The monoisotopic (exact) mass is 333 g/mol. The van der Waals surface area contributed by atoms with Crippen LogP contribution in [0, 0.1) is 13.8 Å². The number of hydrogen-bond donors (Lipinski definition) is 2. The van der Waals surface area contributed by atoms with Gasteiger partial charge in [-0.3, -0.25) is 14.4 Å². The molecular weight excluding hydrogens is 314 g/mol. The number of hydrogen-bond acceptors (Lipinski definition) is 6. The second-order valence-corrected chi connectivity index (χ2v) is 5.69. The molecule has 128 valence electrons. The fourth-order valence-corrected chi connectivity index (χ4v) is 2.63. The van der Waals surface area contributed by atoms with Crippen LogP contribution in [-0.2, 0) is 14.3 Å². The lowest BCUT2D eigenvalue weighted by molar-refractivity contribution is -0.138. The molecule has 0 saturated heterocycles. The molecule has 1 aliphatic rings. The summed E-state index contributed by atoms with van der Waals surface area (Å²) in [7, 11) is 0. The molecule has 0 spiro atoms. The molecule has 1 aromatic heterocycles. The summed E-state index contributed by atoms with van der Waals surface area (Å²) < 4.78 is 5.13. The van der Waals surface area contributed by atoms with Crippen LogP contribution in [0.2, 0.25) is 0 Å². The quantitative estimate of drug-likeness (QED) is 0.620. The Bertz CT molecular complexity index is 760. The minimum Gasteiger partial charge on any atom is -0.450 e. The topological polar surface area (TPSA) is 118 Å². The predicted octanol–water partition coefficient (Wildman–Crippen LogP) is 1.21. The Balaban J connectivity index is 2.13. The van der Waals surface area contributed by atoms with Gasteiger partial charge in [-0.15, -0.1) is 0 Å². The fraction of sp³-hybridized carbons (Fsp3) is 0.438. The Morgan fingerprint density at radius 3 is 2.38 bits per heavy atom. The summed E-state index contributed by atoms with van der Waals surface area (Å²) in [6, 6.07) is 0. The lowest BCUT2D eigenvalue weighted by atomic mass is 10.0. The van der Waals surface area contributed by atoms with Gasteiger partial charge in [0.15, 0.2) is 11.9 Å². The minimum atomic E-state index is -1.05. The van der Waals surface area contributed by atoms with Crippen LogP contribution in [0.4, 0.5) is 0 Å². The molecule has 2 rings (SSSR count). The summed E-state index contributed by atoms with van der Waals surface area (Å²) in [5.74, 6) is -1.59. The number of nitrogens with zero attached hydrogens (tertiary/aromatic N) is 1. The predicted molar refractivity (Wildman–Crippen MR) is 85.0 cm³/mol. The molecule has 8 heteroatoms. The molecule has 24 heavy (non-hydrogen) atoms. The van der Waals surface area contributed by atoms with Gasteiger partial charge in [-0.2, -0.15) is 5.10 Å². The maximum Gasteiger partial charge on any atom is 0.355 e. The Hall–Kier alpha value is -2.77. The molecule has 1 aromatic rings. The van der Waals surface area contributed by atoms with Crippen molar-refractivity contribution < 1.29 is 23.9 Å². The summed E-state index contributed by atoms with van der Waals surface area (Å²) in [6.07, 6.45) is -0.734. The number of rotatable bonds is 5. The van der Waals surface area contributed by atoms with E-state index in [1.54, 1.807) is 13.8 Å². The van der Waals surface area contributed by atoms with E-state index in [-0.39, 0.29) is 35.9 Å². The summed E-state index contributed by atoms with van der Waals surface area (Å²) in [6.45, 7) is 6.25. The van der Waals surface area contributed by atoms with Gasteiger partial charge in [-0.25, -0.2) is 10.2 Å². The smallest absolute Gasteiger partial charge is 0.355 e. The van der Waals surface area contributed by atoms with E-state index >= 15 is 0 Å². The van der Waals surface area contributed by atoms with Crippen molar-refractivity contribution in [3.63, 3.8) is 0 Å². The Labute approximate surface area is 138 Å². The van der Waals surface area contributed by atoms with Crippen molar-refractivity contribution in [3.05, 3.63) is 22.5 Å². The fourth-order valence-electron chi connectivity index (χ4n) is 2.63. The number of amides is 1. The maximum absolute atomic E-state index is 12.5. The number of ketones is 2. The van der Waals surface area contributed by atoms with Gasteiger partial charge in [-0.05, 0) is 33.3 Å². The largest absolute Gasteiger partial charge is 0.450 e. The molecule has 1 aliphatic heterocycles. The van der Waals surface area contributed by atoms with E-state index in [4.69, 9.17) is 4.74 Å². The summed E-state index contributed by atoms with van der Waals surface area (Å²) in [5.41, 5.74) is 4.12. The van der Waals surface area contributed by atoms with Crippen LogP contribution in [0.5, 0.6) is 0 Å². The van der Waals surface area contributed by atoms with Gasteiger partial charge in [0.05, 0.1) is 5.69 Å². The van der Waals surface area contributed by atoms with E-state index in [0.29, 0.717) is 16.8 Å². The SMILES string of the molecule is CC(=O)c1c(C)[nH]c(C(=O)[C@H](C)OC(=O)C2=NNC(=O)CC2)c1C. The first-order valence-electron chi connectivity index (χ1n) is 7.53. The summed E-state index contributed by atoms with van der Waals surface area (Å²) >= 11 is 0. The maximum atomic E-state index is 12.5. The Morgan fingerprint density at radius 2 is 1.88 bits per heavy atom. The number of Topliss-reactive ketones (excluding diaryl/α,β-unsaturated/α-hetero) is 2. The van der Waals surface area contributed by atoms with E-state index in [9.17, 15) is 19.2 Å². The highest BCUT2D eigenvalue weighted by Gasteiger charge is 2.28. The average molecular weight is 333 g/mol. The first-order chi connectivity index (χ1) is 11.2. The number of esters is 1. The summed E-state index contributed by atoms with van der Waals surface area (Å²) in [5, 5.41) is 3.63. The van der Waals surface area contributed by atoms with E-state index in [1.165, 1.54) is 13.8 Å². The van der Waals surface area contributed by atoms with Gasteiger partial charge in [-0.1, -0.05) is 0 Å². The molecule has 0 aromatic carbocycles. The first kappa shape index (κ1) is 17.6. The zero-order valence-electron chi connectivity index (χ0n) is 14.0. The van der Waals surface area contributed by atoms with Gasteiger partial charge < -0.3 is 9.72 Å². The van der Waals surface area contributed by atoms with Crippen molar-refractivity contribution in [2.24, 2.45) is 5.10 Å². The van der Waals surface area contributed by atoms with Crippen molar-refractivity contribution in [1.82, 2.24) is 10.4 Å². The normalized spacial score (nSPS) is 15.3. The van der Waals surface area contributed by atoms with E-state index < -0.39 is 17.9 Å². The molecule has 1 atom stereocenters. The molecule has 2 N–H and O–H groups in total. The van der Waals surface area contributed by atoms with Crippen LogP contribution >= 0.6 is 0 Å². The molecule has 0 bridgehead atoms. The van der Waals surface area contributed by atoms with Crippen molar-refractivity contribution in [2.45, 2.75) is 46.6 Å². The summed E-state index contributed by atoms with van der Waals surface area (Å²) in [4.78, 5) is 50.0. The number of aromatic nitrogens is 1. The van der Waals surface area contributed by atoms with Gasteiger partial charge in [0.25, 0.3) is 0 Å². The number of carbonyl (C=O) groups excluding carboxylic acids is 4. The third kappa shape index (κ3) is 3.42. The number of aryl methyl sites for hydroxylation is 1. The number of nitrogens with one attached hydrogen (secondary N) is 2. The van der Waals surface area contributed by atoms with E-state index in [0.717, 1.165) is 0 Å². The lowest BCUT2D eigenvalue weighted by Crippen LogP contribution is -2.34. The standard InChI is InChI=1S/C16H19N3O5/c1-7-13(9(3)20)8(2)17-14(7)15(22)10(4)24-16(23)11-5-6-12(21)19-18-11/h10,17H,5-6H2,1-4H3,(H,19,21)/t10-/m0/s1. The van der Waals surface area contributed by atoms with Crippen LogP contribution < -0.4 is 5.43 Å². The molecule has 0 unspecified atom stereocenters. The van der Waals surface area contributed by atoms with Crippen molar-refractivity contribution in [3.8, 4) is 0 Å². The Kier molecular flexibility index (Phi) is 4.96. The zero-order chi connectivity index (χ0) is 18.0. The third-order valence-corrected chi connectivity index (χ3v) is 3.83. The third-order valence-electron chi connectivity index (χ3n) is 3.83. The molecule has 1 amide bonds. The molecule has 2 heterocycles. The van der Waals surface area contributed by atoms with Crippen LogP contribution in [0.25, 0.3) is 0 Å². The molecule has 8 nitrogen and oxygen atoms in total. The van der Waals surface area contributed by atoms with Gasteiger partial charge >= 0.3 is 5.97 Å². The van der Waals surface area contributed by atoms with Crippen molar-refractivity contribution >= 4 is 29.2 Å². The van der Waals surface area contributed by atoms with Crippen LogP contribution in [0.1, 0.15) is 58.8 Å². The second kappa shape index (κ2) is 6.77. The van der Waals surface area contributed by atoms with Crippen LogP contribution in [0.3, 0.4) is 0 Å². The highest BCUT2D eigenvalue weighted by Crippen LogP contribution is 2.20. The molecule has 0 fully saturated rings. The highest BCUT2D eigenvalue weighted by atomic mass is 16.5. The lowest BCUT2D eigenvalue weighted by Gasteiger charge is -2.15. The van der Waals surface area contributed by atoms with Crippen molar-refractivity contribution in [1.29, 1.82) is 0 Å². The minimum absolute atomic E-state index is 0.0677. The highest BCUT2D eigenvalue weighted by molar-refractivity contribution is 6.37. The van der Waals surface area contributed by atoms with E-state index in [2.05, 4.69) is 15.5 Å². The molecule has 0 aliphatic carbocycles.